The van der Waals surface area contributed by atoms with Gasteiger partial charge in [-0.1, -0.05) is 19.1 Å². The molecule has 2 heterocycles. The third-order valence-corrected chi connectivity index (χ3v) is 3.75. The topological polar surface area (TPSA) is 54.0 Å². The molecule has 1 aromatic carbocycles. The van der Waals surface area contributed by atoms with Crippen LogP contribution in [0.25, 0.3) is 10.8 Å². The van der Waals surface area contributed by atoms with Gasteiger partial charge in [-0.15, -0.1) is 0 Å². The summed E-state index contributed by atoms with van der Waals surface area (Å²) in [6.07, 6.45) is 4.60. The molecule has 4 heteroatoms. The highest BCUT2D eigenvalue weighted by Crippen LogP contribution is 2.23. The third kappa shape index (κ3) is 2.31. The number of carbonyl (C=O) groups is 1. The molecule has 4 nitrogen and oxygen atoms in total. The van der Waals surface area contributed by atoms with Crippen molar-refractivity contribution >= 4 is 22.4 Å². The molecule has 1 aromatic heterocycles. The lowest BCUT2D eigenvalue weighted by Crippen LogP contribution is -2.39. The Bertz CT molecular complexity index is 606. The number of rotatable bonds is 2. The van der Waals surface area contributed by atoms with Gasteiger partial charge in [0.2, 0.25) is 5.91 Å². The molecular formula is C15H17N3O. The van der Waals surface area contributed by atoms with Crippen LogP contribution < -0.4 is 10.6 Å². The highest BCUT2D eigenvalue weighted by Gasteiger charge is 2.29. The lowest BCUT2D eigenvalue weighted by Gasteiger charge is -2.16. The molecule has 2 atom stereocenters. The maximum Gasteiger partial charge on any atom is 0.241 e. The Kier molecular flexibility index (Phi) is 3.17. The van der Waals surface area contributed by atoms with Gasteiger partial charge >= 0.3 is 0 Å². The zero-order chi connectivity index (χ0) is 13.2. The van der Waals surface area contributed by atoms with E-state index in [-0.39, 0.29) is 11.9 Å². The highest BCUT2D eigenvalue weighted by atomic mass is 16.2. The van der Waals surface area contributed by atoms with Crippen molar-refractivity contribution < 1.29 is 4.79 Å². The van der Waals surface area contributed by atoms with Gasteiger partial charge in [-0.3, -0.25) is 9.78 Å². The van der Waals surface area contributed by atoms with Gasteiger partial charge in [-0.25, -0.2) is 0 Å². The van der Waals surface area contributed by atoms with Crippen molar-refractivity contribution in [1.29, 1.82) is 0 Å². The van der Waals surface area contributed by atoms with Crippen LogP contribution in [0.1, 0.15) is 13.3 Å². The summed E-state index contributed by atoms with van der Waals surface area (Å²) in [6, 6.07) is 7.70. The van der Waals surface area contributed by atoms with Gasteiger partial charge in [-0.2, -0.15) is 0 Å². The number of benzene rings is 1. The van der Waals surface area contributed by atoms with Crippen LogP contribution in [-0.2, 0) is 4.79 Å². The van der Waals surface area contributed by atoms with Crippen LogP contribution in [0.4, 0.5) is 5.69 Å². The van der Waals surface area contributed by atoms with E-state index >= 15 is 0 Å². The van der Waals surface area contributed by atoms with E-state index in [9.17, 15) is 4.79 Å². The van der Waals surface area contributed by atoms with E-state index in [0.29, 0.717) is 5.92 Å². The van der Waals surface area contributed by atoms with Gasteiger partial charge < -0.3 is 10.6 Å². The number of carbonyl (C=O) groups excluding carboxylic acids is 1. The second-order valence-corrected chi connectivity index (χ2v) is 5.09. The van der Waals surface area contributed by atoms with E-state index in [0.717, 1.165) is 29.4 Å². The molecule has 2 aromatic rings. The van der Waals surface area contributed by atoms with Crippen LogP contribution in [0, 0.1) is 5.92 Å². The van der Waals surface area contributed by atoms with Gasteiger partial charge in [0.25, 0.3) is 0 Å². The van der Waals surface area contributed by atoms with Gasteiger partial charge in [0.1, 0.15) is 0 Å². The van der Waals surface area contributed by atoms with E-state index in [1.165, 1.54) is 0 Å². The quantitative estimate of drug-likeness (QED) is 0.864. The second-order valence-electron chi connectivity index (χ2n) is 5.09. The Morgan fingerprint density at radius 3 is 3.11 bits per heavy atom. The fraction of sp³-hybridized carbons (Fsp3) is 0.333. The number of anilines is 1. The van der Waals surface area contributed by atoms with Crippen molar-refractivity contribution in [2.24, 2.45) is 5.92 Å². The van der Waals surface area contributed by atoms with Gasteiger partial charge in [-0.05, 0) is 31.0 Å². The zero-order valence-corrected chi connectivity index (χ0v) is 10.9. The number of fused-ring (bicyclic) bond motifs is 1. The molecule has 0 bridgehead atoms. The first-order valence-corrected chi connectivity index (χ1v) is 6.63. The summed E-state index contributed by atoms with van der Waals surface area (Å²) in [5.74, 6) is 0.436. The van der Waals surface area contributed by atoms with E-state index in [2.05, 4.69) is 22.5 Å². The average Bonchev–Trinajstić information content (AvgIpc) is 2.85. The summed E-state index contributed by atoms with van der Waals surface area (Å²) >= 11 is 0. The van der Waals surface area contributed by atoms with Crippen LogP contribution >= 0.6 is 0 Å². The van der Waals surface area contributed by atoms with Crippen molar-refractivity contribution in [3.05, 3.63) is 36.7 Å². The summed E-state index contributed by atoms with van der Waals surface area (Å²) in [7, 11) is 0. The first-order valence-electron chi connectivity index (χ1n) is 6.63. The Balaban J connectivity index is 1.87. The maximum absolute atomic E-state index is 12.3. The number of hydrogen-bond donors (Lipinski definition) is 2. The Morgan fingerprint density at radius 2 is 2.32 bits per heavy atom. The lowest BCUT2D eigenvalue weighted by atomic mass is 10.0. The van der Waals surface area contributed by atoms with Crippen LogP contribution in [0.5, 0.6) is 0 Å². The minimum Gasteiger partial charge on any atom is -0.324 e. The SMILES string of the molecule is CC1CCNC1C(=O)Nc1cccc2cnccc12. The van der Waals surface area contributed by atoms with Crippen molar-refractivity contribution in [1.82, 2.24) is 10.3 Å². The number of nitrogens with zero attached hydrogens (tertiary/aromatic N) is 1. The zero-order valence-electron chi connectivity index (χ0n) is 10.9. The predicted molar refractivity (Wildman–Crippen MR) is 75.9 cm³/mol. The molecule has 19 heavy (non-hydrogen) atoms. The van der Waals surface area contributed by atoms with Gasteiger partial charge in [0.05, 0.1) is 6.04 Å². The van der Waals surface area contributed by atoms with Crippen LogP contribution in [0.3, 0.4) is 0 Å². The van der Waals surface area contributed by atoms with Gasteiger partial charge in [0.15, 0.2) is 0 Å². The normalized spacial score (nSPS) is 22.6. The standard InChI is InChI=1S/C15H17N3O/c1-10-5-8-17-14(10)15(19)18-13-4-2-3-11-9-16-7-6-12(11)13/h2-4,6-7,9-10,14,17H,5,8H2,1H3,(H,18,19). The smallest absolute Gasteiger partial charge is 0.241 e. The summed E-state index contributed by atoms with van der Waals surface area (Å²) in [5.41, 5.74) is 0.853. The van der Waals surface area contributed by atoms with E-state index in [1.54, 1.807) is 12.4 Å². The van der Waals surface area contributed by atoms with E-state index < -0.39 is 0 Å². The summed E-state index contributed by atoms with van der Waals surface area (Å²) in [5, 5.41) is 8.34. The molecule has 0 saturated carbocycles. The first kappa shape index (κ1) is 12.1. The third-order valence-electron chi connectivity index (χ3n) is 3.75. The summed E-state index contributed by atoms with van der Waals surface area (Å²) < 4.78 is 0. The number of amides is 1. The van der Waals surface area contributed by atoms with Crippen LogP contribution in [0.2, 0.25) is 0 Å². The molecule has 1 saturated heterocycles. The Labute approximate surface area is 112 Å². The average molecular weight is 255 g/mol. The molecule has 1 fully saturated rings. The maximum atomic E-state index is 12.3. The second kappa shape index (κ2) is 4.97. The molecule has 98 valence electrons. The van der Waals surface area contributed by atoms with Crippen LogP contribution in [0.15, 0.2) is 36.7 Å². The molecule has 0 radical (unpaired) electrons. The molecule has 3 rings (SSSR count). The summed E-state index contributed by atoms with van der Waals surface area (Å²) in [6.45, 7) is 3.02. The molecule has 0 aliphatic carbocycles. The van der Waals surface area contributed by atoms with Gasteiger partial charge in [0, 0.05) is 28.9 Å². The molecule has 0 spiro atoms. The lowest BCUT2D eigenvalue weighted by molar-refractivity contribution is -0.118. The molecule has 1 aliphatic rings. The molecular weight excluding hydrogens is 238 g/mol. The fourth-order valence-corrected chi connectivity index (χ4v) is 2.63. The van der Waals surface area contributed by atoms with Crippen molar-refractivity contribution in [2.75, 3.05) is 11.9 Å². The molecule has 2 unspecified atom stereocenters. The predicted octanol–water partition coefficient (Wildman–Crippen LogP) is 2.17. The Hall–Kier alpha value is -1.94. The number of pyridine rings is 1. The minimum absolute atomic E-state index is 0.0503. The first-order chi connectivity index (χ1) is 9.25. The minimum atomic E-state index is -0.0860. The van der Waals surface area contributed by atoms with Crippen molar-refractivity contribution in [3.8, 4) is 0 Å². The van der Waals surface area contributed by atoms with Crippen molar-refractivity contribution in [2.45, 2.75) is 19.4 Å². The number of aromatic nitrogens is 1. The highest BCUT2D eigenvalue weighted by molar-refractivity contribution is 6.03. The monoisotopic (exact) mass is 255 g/mol. The number of hydrogen-bond acceptors (Lipinski definition) is 3. The molecule has 2 N–H and O–H groups in total. The molecule has 1 amide bonds. The van der Waals surface area contributed by atoms with Crippen LogP contribution in [-0.4, -0.2) is 23.5 Å². The fourth-order valence-electron chi connectivity index (χ4n) is 2.63. The Morgan fingerprint density at radius 1 is 1.42 bits per heavy atom. The largest absolute Gasteiger partial charge is 0.324 e. The summed E-state index contributed by atoms with van der Waals surface area (Å²) in [4.78, 5) is 16.4. The number of nitrogens with one attached hydrogen (secondary N) is 2. The molecule has 1 aliphatic heterocycles. The van der Waals surface area contributed by atoms with E-state index in [1.807, 2.05) is 24.3 Å². The van der Waals surface area contributed by atoms with Crippen molar-refractivity contribution in [3.63, 3.8) is 0 Å². The van der Waals surface area contributed by atoms with E-state index in [4.69, 9.17) is 0 Å².